The Balaban J connectivity index is 0.00000300. The normalized spacial score (nSPS) is 20.9. The van der Waals surface area contributed by atoms with Crippen molar-refractivity contribution < 1.29 is 4.21 Å². The molecular weight excluding hydrogens is 497 g/mol. The third-order valence-corrected chi connectivity index (χ3v) is 7.15. The molecule has 6 nitrogen and oxygen atoms in total. The van der Waals surface area contributed by atoms with E-state index in [9.17, 15) is 4.21 Å². The Bertz CT molecular complexity index is 838. The van der Waals surface area contributed by atoms with Crippen LogP contribution in [0.4, 0.5) is 0 Å². The summed E-state index contributed by atoms with van der Waals surface area (Å²) in [5, 5.41) is 7.25. The van der Waals surface area contributed by atoms with Crippen LogP contribution in [0.1, 0.15) is 45.4 Å². The van der Waals surface area contributed by atoms with Crippen LogP contribution >= 0.6 is 24.0 Å². The smallest absolute Gasteiger partial charge is 0.191 e. The number of benzene rings is 1. The fourth-order valence-corrected chi connectivity index (χ4v) is 5.35. The molecule has 0 saturated heterocycles. The second kappa shape index (κ2) is 11.9. The van der Waals surface area contributed by atoms with Crippen LogP contribution in [0.3, 0.4) is 0 Å². The Morgan fingerprint density at radius 1 is 1.31 bits per heavy atom. The fraction of sp³-hybridized carbons (Fsp3) is 0.619. The number of para-hydroxylation sites is 2. The summed E-state index contributed by atoms with van der Waals surface area (Å²) in [4.78, 5) is 9.42. The molecule has 0 aliphatic heterocycles. The van der Waals surface area contributed by atoms with Crippen LogP contribution in [-0.2, 0) is 17.3 Å². The zero-order valence-corrected chi connectivity index (χ0v) is 20.8. The van der Waals surface area contributed by atoms with E-state index in [1.807, 2.05) is 26.0 Å². The van der Waals surface area contributed by atoms with E-state index in [-0.39, 0.29) is 24.0 Å². The van der Waals surface area contributed by atoms with Gasteiger partial charge in [-0.15, -0.1) is 24.0 Å². The molecule has 3 rings (SSSR count). The number of imidazole rings is 1. The number of aryl methyl sites for hydroxylation is 1. The van der Waals surface area contributed by atoms with Gasteiger partial charge in [0.2, 0.25) is 0 Å². The van der Waals surface area contributed by atoms with Crippen LogP contribution in [0, 0.1) is 6.92 Å². The molecule has 3 atom stereocenters. The fourth-order valence-electron chi connectivity index (χ4n) is 4.00. The topological polar surface area (TPSA) is 71.3 Å². The summed E-state index contributed by atoms with van der Waals surface area (Å²) >= 11 is 0. The van der Waals surface area contributed by atoms with Crippen LogP contribution in [0.5, 0.6) is 0 Å². The van der Waals surface area contributed by atoms with Crippen LogP contribution in [0.15, 0.2) is 29.3 Å². The van der Waals surface area contributed by atoms with Crippen molar-refractivity contribution in [1.82, 2.24) is 20.2 Å². The van der Waals surface area contributed by atoms with E-state index in [0.717, 1.165) is 67.3 Å². The number of nitrogens with zero attached hydrogens (tertiary/aromatic N) is 3. The molecule has 1 fully saturated rings. The molecule has 1 aliphatic rings. The molecule has 2 aromatic rings. The number of aliphatic imine (C=N–C) groups is 1. The third-order valence-electron chi connectivity index (χ3n) is 5.41. The second-order valence-electron chi connectivity index (χ2n) is 7.36. The van der Waals surface area contributed by atoms with Gasteiger partial charge in [-0.25, -0.2) is 4.98 Å². The Morgan fingerprint density at radius 2 is 2.10 bits per heavy atom. The number of rotatable bonds is 7. The lowest BCUT2D eigenvalue weighted by molar-refractivity contribution is 0.413. The molecule has 1 aromatic heterocycles. The zero-order chi connectivity index (χ0) is 19.9. The van der Waals surface area contributed by atoms with Gasteiger partial charge in [0.15, 0.2) is 5.96 Å². The maximum absolute atomic E-state index is 12.2. The average molecular weight is 532 g/mol. The number of guanidine groups is 1. The summed E-state index contributed by atoms with van der Waals surface area (Å²) in [5.41, 5.74) is 2.19. The molecule has 0 amide bonds. The molecule has 162 valence electrons. The lowest BCUT2D eigenvalue weighted by atomic mass is 9.95. The predicted octanol–water partition coefficient (Wildman–Crippen LogP) is 3.60. The van der Waals surface area contributed by atoms with Gasteiger partial charge in [-0.3, -0.25) is 9.20 Å². The summed E-state index contributed by atoms with van der Waals surface area (Å²) < 4.78 is 14.4. The van der Waals surface area contributed by atoms with Gasteiger partial charge in [-0.05, 0) is 45.2 Å². The summed E-state index contributed by atoms with van der Waals surface area (Å²) in [6.07, 6.45) is 4.30. The Kier molecular flexibility index (Phi) is 9.88. The molecule has 0 spiro atoms. The highest BCUT2D eigenvalue weighted by atomic mass is 127. The van der Waals surface area contributed by atoms with Gasteiger partial charge < -0.3 is 15.2 Å². The number of hydrogen-bond acceptors (Lipinski definition) is 3. The maximum Gasteiger partial charge on any atom is 0.191 e. The molecule has 3 unspecified atom stereocenters. The van der Waals surface area contributed by atoms with Crippen LogP contribution in [-0.4, -0.2) is 49.9 Å². The molecule has 1 aromatic carbocycles. The molecule has 0 bridgehead atoms. The van der Waals surface area contributed by atoms with Crippen molar-refractivity contribution in [2.75, 3.05) is 18.8 Å². The van der Waals surface area contributed by atoms with Crippen molar-refractivity contribution in [3.05, 3.63) is 30.1 Å². The minimum absolute atomic E-state index is 0. The number of halogens is 1. The first-order valence-electron chi connectivity index (χ1n) is 10.5. The lowest BCUT2D eigenvalue weighted by Crippen LogP contribution is -2.46. The highest BCUT2D eigenvalue weighted by molar-refractivity contribution is 14.0. The molecule has 29 heavy (non-hydrogen) atoms. The van der Waals surface area contributed by atoms with Crippen molar-refractivity contribution in [3.63, 3.8) is 0 Å². The summed E-state index contributed by atoms with van der Waals surface area (Å²) in [6, 6.07) is 8.58. The predicted molar refractivity (Wildman–Crippen MR) is 134 cm³/mol. The number of hydrogen-bond donors (Lipinski definition) is 2. The van der Waals surface area contributed by atoms with Gasteiger partial charge in [-0.2, -0.15) is 0 Å². The number of fused-ring (bicyclic) bond motifs is 1. The Hall–Kier alpha value is -1.16. The van der Waals surface area contributed by atoms with Gasteiger partial charge in [0.25, 0.3) is 0 Å². The Morgan fingerprint density at radius 3 is 2.86 bits per heavy atom. The minimum Gasteiger partial charge on any atom is -0.357 e. The molecule has 8 heteroatoms. The zero-order valence-electron chi connectivity index (χ0n) is 17.7. The van der Waals surface area contributed by atoms with Crippen LogP contribution < -0.4 is 10.6 Å². The van der Waals surface area contributed by atoms with Crippen molar-refractivity contribution in [3.8, 4) is 0 Å². The highest BCUT2D eigenvalue weighted by Gasteiger charge is 2.26. The first-order valence-corrected chi connectivity index (χ1v) is 11.8. The van der Waals surface area contributed by atoms with E-state index >= 15 is 0 Å². The third kappa shape index (κ3) is 6.41. The molecule has 0 radical (unpaired) electrons. The summed E-state index contributed by atoms with van der Waals surface area (Å²) in [6.45, 7) is 8.46. The van der Waals surface area contributed by atoms with Crippen molar-refractivity contribution in [2.24, 2.45) is 4.99 Å². The minimum atomic E-state index is -0.705. The van der Waals surface area contributed by atoms with Gasteiger partial charge in [0, 0.05) is 40.9 Å². The lowest BCUT2D eigenvalue weighted by Gasteiger charge is -2.30. The van der Waals surface area contributed by atoms with Crippen LogP contribution in [0.2, 0.25) is 0 Å². The van der Waals surface area contributed by atoms with Gasteiger partial charge in [0.05, 0.1) is 17.6 Å². The standard InChI is InChI=1S/C21H33N5OS.HI/c1-4-22-21(25-17-9-8-10-18(15-17)28(27)5-2)23-13-14-26-16(3)24-19-11-6-7-12-20(19)26;/h6-7,11-12,17-18H,4-5,8-10,13-15H2,1-3H3,(H2,22,23,25);1H. The SMILES string of the molecule is CCNC(=NCCn1c(C)nc2ccccc21)NC1CCCC(S(=O)CC)C1.I. The second-order valence-corrected chi connectivity index (χ2v) is 9.36. The molecule has 1 saturated carbocycles. The Labute approximate surface area is 193 Å². The molecule has 1 heterocycles. The quantitative estimate of drug-likeness (QED) is 0.326. The molecule has 2 N–H and O–H groups in total. The number of nitrogens with one attached hydrogen (secondary N) is 2. The van der Waals surface area contributed by atoms with E-state index < -0.39 is 10.8 Å². The van der Waals surface area contributed by atoms with Crippen molar-refractivity contribution in [1.29, 1.82) is 0 Å². The summed E-state index contributed by atoms with van der Waals surface area (Å²) in [7, 11) is -0.705. The van der Waals surface area contributed by atoms with E-state index in [4.69, 9.17) is 4.99 Å². The largest absolute Gasteiger partial charge is 0.357 e. The van der Waals surface area contributed by atoms with E-state index in [0.29, 0.717) is 17.8 Å². The average Bonchev–Trinajstić information content (AvgIpc) is 3.03. The summed E-state index contributed by atoms with van der Waals surface area (Å²) in [5.74, 6) is 2.63. The van der Waals surface area contributed by atoms with Gasteiger partial charge in [0.1, 0.15) is 5.82 Å². The van der Waals surface area contributed by atoms with Crippen LogP contribution in [0.25, 0.3) is 11.0 Å². The van der Waals surface area contributed by atoms with Gasteiger partial charge in [-0.1, -0.05) is 25.5 Å². The van der Waals surface area contributed by atoms with E-state index in [1.54, 1.807) is 0 Å². The first-order chi connectivity index (χ1) is 13.6. The molecular formula is C21H34IN5OS. The monoisotopic (exact) mass is 531 g/mol. The highest BCUT2D eigenvalue weighted by Crippen LogP contribution is 2.23. The van der Waals surface area contributed by atoms with E-state index in [2.05, 4.69) is 39.2 Å². The number of aromatic nitrogens is 2. The van der Waals surface area contributed by atoms with Crippen molar-refractivity contribution >= 4 is 51.8 Å². The van der Waals surface area contributed by atoms with Crippen molar-refractivity contribution in [2.45, 2.75) is 64.3 Å². The first kappa shape index (κ1) is 24.1. The maximum atomic E-state index is 12.2. The van der Waals surface area contributed by atoms with E-state index in [1.165, 1.54) is 0 Å². The molecule has 1 aliphatic carbocycles. The van der Waals surface area contributed by atoms with Gasteiger partial charge >= 0.3 is 0 Å².